The number of hydrogen-bond acceptors (Lipinski definition) is 4. The number of nitrogens with zero attached hydrogens (tertiary/aromatic N) is 2. The SMILES string of the molecule is CC(=O)Nc1cccc(C(=O)NC(=NCc2cccnc2)Nc2ccc(C(C)C)cc2)c1. The summed E-state index contributed by atoms with van der Waals surface area (Å²) in [7, 11) is 0. The molecule has 2 aromatic carbocycles. The summed E-state index contributed by atoms with van der Waals surface area (Å²) in [6.07, 6.45) is 3.43. The van der Waals surface area contributed by atoms with Gasteiger partial charge in [-0.05, 0) is 53.4 Å². The first kappa shape index (κ1) is 22.7. The topological polar surface area (TPSA) is 95.5 Å². The van der Waals surface area contributed by atoms with Gasteiger partial charge >= 0.3 is 0 Å². The monoisotopic (exact) mass is 429 g/mol. The Morgan fingerprint density at radius 2 is 1.75 bits per heavy atom. The van der Waals surface area contributed by atoms with Crippen molar-refractivity contribution in [1.82, 2.24) is 10.3 Å². The molecule has 3 rings (SSSR count). The number of aliphatic imine (C=N–C) groups is 1. The summed E-state index contributed by atoms with van der Waals surface area (Å²) < 4.78 is 0. The van der Waals surface area contributed by atoms with E-state index in [9.17, 15) is 9.59 Å². The number of rotatable bonds is 6. The van der Waals surface area contributed by atoms with E-state index in [0.29, 0.717) is 29.7 Å². The van der Waals surface area contributed by atoms with Crippen molar-refractivity contribution in [2.24, 2.45) is 4.99 Å². The van der Waals surface area contributed by atoms with E-state index in [1.807, 2.05) is 36.4 Å². The Morgan fingerprint density at radius 3 is 2.41 bits per heavy atom. The maximum Gasteiger partial charge on any atom is 0.258 e. The molecule has 1 aromatic heterocycles. The highest BCUT2D eigenvalue weighted by atomic mass is 16.2. The fourth-order valence-corrected chi connectivity index (χ4v) is 2.98. The average molecular weight is 430 g/mol. The Morgan fingerprint density at radius 1 is 0.969 bits per heavy atom. The number of aromatic nitrogens is 1. The summed E-state index contributed by atoms with van der Waals surface area (Å²) in [5, 5.41) is 8.71. The lowest BCUT2D eigenvalue weighted by Gasteiger charge is -2.13. The number of anilines is 2. The van der Waals surface area contributed by atoms with Crippen molar-refractivity contribution in [1.29, 1.82) is 0 Å². The minimum absolute atomic E-state index is 0.201. The van der Waals surface area contributed by atoms with Gasteiger partial charge in [-0.1, -0.05) is 38.1 Å². The number of pyridine rings is 1. The van der Waals surface area contributed by atoms with Crippen LogP contribution in [0.15, 0.2) is 78.0 Å². The predicted molar refractivity (Wildman–Crippen MR) is 128 cm³/mol. The Hall–Kier alpha value is -4.00. The number of carbonyl (C=O) groups excluding carboxylic acids is 2. The van der Waals surface area contributed by atoms with Crippen LogP contribution in [0, 0.1) is 0 Å². The van der Waals surface area contributed by atoms with Crippen LogP contribution < -0.4 is 16.0 Å². The summed E-state index contributed by atoms with van der Waals surface area (Å²) in [5.41, 5.74) is 3.91. The maximum absolute atomic E-state index is 12.9. The molecule has 3 N–H and O–H groups in total. The quantitative estimate of drug-likeness (QED) is 0.395. The fraction of sp³-hybridized carbons (Fsp3) is 0.200. The Bertz CT molecular complexity index is 1090. The van der Waals surface area contributed by atoms with E-state index in [2.05, 4.69) is 39.8 Å². The highest BCUT2D eigenvalue weighted by Gasteiger charge is 2.11. The molecular formula is C25H27N5O2. The number of carbonyl (C=O) groups is 2. The zero-order valence-corrected chi connectivity index (χ0v) is 18.4. The van der Waals surface area contributed by atoms with Crippen molar-refractivity contribution in [3.8, 4) is 0 Å². The van der Waals surface area contributed by atoms with Gasteiger partial charge in [0.2, 0.25) is 11.9 Å². The van der Waals surface area contributed by atoms with E-state index in [-0.39, 0.29) is 11.8 Å². The molecule has 32 heavy (non-hydrogen) atoms. The van der Waals surface area contributed by atoms with Gasteiger partial charge in [-0.2, -0.15) is 0 Å². The lowest BCUT2D eigenvalue weighted by atomic mass is 10.0. The molecule has 0 spiro atoms. The maximum atomic E-state index is 12.9. The molecule has 2 amide bonds. The molecule has 0 atom stereocenters. The molecule has 0 saturated heterocycles. The van der Waals surface area contributed by atoms with Crippen molar-refractivity contribution in [3.05, 3.63) is 89.7 Å². The van der Waals surface area contributed by atoms with E-state index in [0.717, 1.165) is 11.3 Å². The van der Waals surface area contributed by atoms with Crippen LogP contribution in [0.25, 0.3) is 0 Å². The number of benzene rings is 2. The van der Waals surface area contributed by atoms with Gasteiger partial charge in [0.1, 0.15) is 0 Å². The van der Waals surface area contributed by atoms with Gasteiger partial charge in [-0.15, -0.1) is 0 Å². The van der Waals surface area contributed by atoms with Crippen molar-refractivity contribution < 1.29 is 9.59 Å². The van der Waals surface area contributed by atoms with Crippen molar-refractivity contribution in [3.63, 3.8) is 0 Å². The van der Waals surface area contributed by atoms with E-state index in [4.69, 9.17) is 0 Å². The van der Waals surface area contributed by atoms with Crippen LogP contribution in [-0.2, 0) is 11.3 Å². The normalized spacial score (nSPS) is 11.2. The molecule has 0 radical (unpaired) electrons. The minimum Gasteiger partial charge on any atom is -0.326 e. The van der Waals surface area contributed by atoms with Crippen LogP contribution in [0.1, 0.15) is 48.2 Å². The third kappa shape index (κ3) is 6.77. The van der Waals surface area contributed by atoms with Crippen LogP contribution in [0.2, 0.25) is 0 Å². The molecule has 0 aliphatic heterocycles. The second-order valence-corrected chi connectivity index (χ2v) is 7.64. The van der Waals surface area contributed by atoms with Crippen LogP contribution in [0.5, 0.6) is 0 Å². The Kier molecular flexibility index (Phi) is 7.70. The molecular weight excluding hydrogens is 402 g/mol. The fourth-order valence-electron chi connectivity index (χ4n) is 2.98. The molecule has 0 saturated carbocycles. The predicted octanol–water partition coefficient (Wildman–Crippen LogP) is 4.56. The smallest absolute Gasteiger partial charge is 0.258 e. The lowest BCUT2D eigenvalue weighted by Crippen LogP contribution is -2.36. The molecule has 7 heteroatoms. The van der Waals surface area contributed by atoms with Crippen molar-refractivity contribution in [2.75, 3.05) is 10.6 Å². The van der Waals surface area contributed by atoms with Gasteiger partial charge in [0.15, 0.2) is 0 Å². The molecule has 7 nitrogen and oxygen atoms in total. The van der Waals surface area contributed by atoms with Crippen LogP contribution >= 0.6 is 0 Å². The highest BCUT2D eigenvalue weighted by molar-refractivity contribution is 6.10. The summed E-state index contributed by atoms with van der Waals surface area (Å²) in [5.74, 6) is 0.209. The van der Waals surface area contributed by atoms with Gasteiger partial charge in [0.25, 0.3) is 5.91 Å². The van der Waals surface area contributed by atoms with Gasteiger partial charge in [-0.25, -0.2) is 4.99 Å². The first-order valence-electron chi connectivity index (χ1n) is 10.4. The summed E-state index contributed by atoms with van der Waals surface area (Å²) in [4.78, 5) is 32.8. The largest absolute Gasteiger partial charge is 0.326 e. The average Bonchev–Trinajstić information content (AvgIpc) is 2.78. The molecule has 164 valence electrons. The standard InChI is InChI=1S/C25H27N5O2/c1-17(2)20-9-11-22(12-10-20)29-25(27-16-19-6-5-13-26-15-19)30-24(32)21-7-4-8-23(14-21)28-18(3)31/h4-15,17H,16H2,1-3H3,(H,28,31)(H2,27,29,30,32). The van der Waals surface area contributed by atoms with Crippen LogP contribution in [-0.4, -0.2) is 22.8 Å². The molecule has 3 aromatic rings. The van der Waals surface area contributed by atoms with Crippen molar-refractivity contribution >= 4 is 29.1 Å². The number of nitrogens with one attached hydrogen (secondary N) is 3. The van der Waals surface area contributed by atoms with Gasteiger partial charge in [0, 0.05) is 36.3 Å². The Balaban J connectivity index is 1.80. The van der Waals surface area contributed by atoms with Gasteiger partial charge in [-0.3, -0.25) is 19.9 Å². The summed E-state index contributed by atoms with van der Waals surface area (Å²) >= 11 is 0. The zero-order chi connectivity index (χ0) is 22.9. The number of amides is 2. The van der Waals surface area contributed by atoms with E-state index in [1.54, 1.807) is 36.7 Å². The van der Waals surface area contributed by atoms with Crippen molar-refractivity contribution in [2.45, 2.75) is 33.2 Å². The zero-order valence-electron chi connectivity index (χ0n) is 18.4. The van der Waals surface area contributed by atoms with Crippen LogP contribution in [0.3, 0.4) is 0 Å². The Labute approximate surface area is 188 Å². The second kappa shape index (κ2) is 10.9. The molecule has 0 fully saturated rings. The first-order chi connectivity index (χ1) is 15.4. The van der Waals surface area contributed by atoms with Gasteiger partial charge < -0.3 is 10.6 Å². The summed E-state index contributed by atoms with van der Waals surface area (Å²) in [6, 6.07) is 18.5. The molecule has 0 aliphatic rings. The third-order valence-electron chi connectivity index (χ3n) is 4.66. The molecule has 0 aliphatic carbocycles. The van der Waals surface area contributed by atoms with E-state index < -0.39 is 0 Å². The molecule has 0 unspecified atom stereocenters. The second-order valence-electron chi connectivity index (χ2n) is 7.64. The third-order valence-corrected chi connectivity index (χ3v) is 4.66. The number of guanidine groups is 1. The molecule has 0 bridgehead atoms. The van der Waals surface area contributed by atoms with E-state index in [1.165, 1.54) is 12.5 Å². The number of hydrogen-bond donors (Lipinski definition) is 3. The summed E-state index contributed by atoms with van der Waals surface area (Å²) in [6.45, 7) is 6.05. The minimum atomic E-state index is -0.339. The highest BCUT2D eigenvalue weighted by Crippen LogP contribution is 2.17. The first-order valence-corrected chi connectivity index (χ1v) is 10.4. The molecule has 1 heterocycles. The van der Waals surface area contributed by atoms with E-state index >= 15 is 0 Å². The van der Waals surface area contributed by atoms with Crippen LogP contribution in [0.4, 0.5) is 11.4 Å². The van der Waals surface area contributed by atoms with Gasteiger partial charge in [0.05, 0.1) is 6.54 Å². The lowest BCUT2D eigenvalue weighted by molar-refractivity contribution is -0.114.